The van der Waals surface area contributed by atoms with Gasteiger partial charge < -0.3 is 20.8 Å². The van der Waals surface area contributed by atoms with Crippen LogP contribution in [-0.2, 0) is 9.59 Å². The van der Waals surface area contributed by atoms with Gasteiger partial charge in [0.15, 0.2) is 6.10 Å². The van der Waals surface area contributed by atoms with E-state index in [2.05, 4.69) is 10.6 Å². The van der Waals surface area contributed by atoms with Gasteiger partial charge in [-0.2, -0.15) is 0 Å². The fraction of sp³-hybridized carbons (Fsp3) is 0.571. The van der Waals surface area contributed by atoms with Crippen molar-refractivity contribution in [2.45, 2.75) is 12.1 Å². The third-order valence-electron chi connectivity index (χ3n) is 1.74. The van der Waals surface area contributed by atoms with Gasteiger partial charge in [-0.3, -0.25) is 9.59 Å². The van der Waals surface area contributed by atoms with Crippen LogP contribution in [0.15, 0.2) is 0 Å². The van der Waals surface area contributed by atoms with Gasteiger partial charge in [0.05, 0.1) is 6.54 Å². The van der Waals surface area contributed by atoms with Gasteiger partial charge in [0.2, 0.25) is 5.91 Å². The first-order valence-corrected chi connectivity index (χ1v) is 5.11. The number of aliphatic carboxylic acids is 1. The molecule has 15 heavy (non-hydrogen) atoms. The highest BCUT2D eigenvalue weighted by Crippen LogP contribution is 2.12. The van der Waals surface area contributed by atoms with Gasteiger partial charge in [0.25, 0.3) is 5.24 Å². The summed E-state index contributed by atoms with van der Waals surface area (Å²) in [6.07, 6.45) is -1.63. The van der Waals surface area contributed by atoms with Crippen LogP contribution in [0.5, 0.6) is 0 Å². The second-order valence-corrected chi connectivity index (χ2v) is 3.89. The van der Waals surface area contributed by atoms with Crippen molar-refractivity contribution in [1.82, 2.24) is 10.6 Å². The highest BCUT2D eigenvalue weighted by atomic mass is 32.2. The largest absolute Gasteiger partial charge is 0.479 e. The average Bonchev–Trinajstić information content (AvgIpc) is 2.60. The third-order valence-corrected chi connectivity index (χ3v) is 2.62. The van der Waals surface area contributed by atoms with Crippen LogP contribution >= 0.6 is 11.8 Å². The zero-order valence-corrected chi connectivity index (χ0v) is 8.41. The van der Waals surface area contributed by atoms with E-state index >= 15 is 0 Å². The van der Waals surface area contributed by atoms with Crippen molar-refractivity contribution in [2.75, 3.05) is 12.3 Å². The topological polar surface area (TPSA) is 116 Å². The fourth-order valence-electron chi connectivity index (χ4n) is 0.934. The molecule has 7 nitrogen and oxygen atoms in total. The molecule has 1 fully saturated rings. The van der Waals surface area contributed by atoms with E-state index in [9.17, 15) is 14.4 Å². The number of carbonyl (C=O) groups is 3. The number of aliphatic hydroxyl groups is 1. The Bertz CT molecular complexity index is 295. The van der Waals surface area contributed by atoms with Gasteiger partial charge in [-0.05, 0) is 0 Å². The first-order valence-electron chi connectivity index (χ1n) is 4.12. The lowest BCUT2D eigenvalue weighted by Gasteiger charge is -2.11. The molecular weight excluding hydrogens is 224 g/mol. The molecule has 1 aliphatic rings. The van der Waals surface area contributed by atoms with E-state index in [1.807, 2.05) is 0 Å². The minimum atomic E-state index is -1.63. The van der Waals surface area contributed by atoms with E-state index in [0.717, 1.165) is 11.8 Å². The van der Waals surface area contributed by atoms with Gasteiger partial charge in [0, 0.05) is 5.75 Å². The van der Waals surface area contributed by atoms with E-state index in [1.165, 1.54) is 0 Å². The van der Waals surface area contributed by atoms with Crippen LogP contribution in [0.1, 0.15) is 0 Å². The highest BCUT2D eigenvalue weighted by molar-refractivity contribution is 8.14. The second-order valence-electron chi connectivity index (χ2n) is 2.89. The molecule has 1 aliphatic heterocycles. The summed E-state index contributed by atoms with van der Waals surface area (Å²) in [4.78, 5) is 32.2. The molecule has 2 amide bonds. The summed E-state index contributed by atoms with van der Waals surface area (Å²) in [5.41, 5.74) is 0. The number of hydrogen-bond acceptors (Lipinski definition) is 5. The number of thioether (sulfide) groups is 1. The Morgan fingerprint density at radius 1 is 1.67 bits per heavy atom. The molecule has 0 spiro atoms. The van der Waals surface area contributed by atoms with Gasteiger partial charge in [-0.25, -0.2) is 4.79 Å². The summed E-state index contributed by atoms with van der Waals surface area (Å²) < 4.78 is 0. The van der Waals surface area contributed by atoms with Crippen LogP contribution in [0, 0.1) is 0 Å². The molecule has 2 unspecified atom stereocenters. The third kappa shape index (κ3) is 3.40. The van der Waals surface area contributed by atoms with Crippen LogP contribution < -0.4 is 10.6 Å². The number of carboxylic acids is 1. The summed E-state index contributed by atoms with van der Waals surface area (Å²) >= 11 is 0.985. The Balaban J connectivity index is 2.30. The summed E-state index contributed by atoms with van der Waals surface area (Å²) in [5.74, 6) is -1.58. The second kappa shape index (κ2) is 4.99. The van der Waals surface area contributed by atoms with E-state index < -0.39 is 24.0 Å². The zero-order chi connectivity index (χ0) is 11.4. The number of hydrogen-bond donors (Lipinski definition) is 4. The number of carboxylic acid groups (broad SMARTS) is 1. The van der Waals surface area contributed by atoms with Crippen molar-refractivity contribution in [1.29, 1.82) is 0 Å². The van der Waals surface area contributed by atoms with Crippen molar-refractivity contribution in [3.05, 3.63) is 0 Å². The minimum Gasteiger partial charge on any atom is -0.479 e. The summed E-state index contributed by atoms with van der Waals surface area (Å²) in [5, 5.41) is 21.5. The Labute approximate surface area is 89.2 Å². The van der Waals surface area contributed by atoms with Crippen LogP contribution in [0.25, 0.3) is 0 Å². The van der Waals surface area contributed by atoms with Crippen LogP contribution in [0.4, 0.5) is 4.79 Å². The quantitative estimate of drug-likeness (QED) is 0.464. The average molecular weight is 234 g/mol. The predicted molar refractivity (Wildman–Crippen MR) is 51.4 cm³/mol. The summed E-state index contributed by atoms with van der Waals surface area (Å²) in [6, 6.07) is -0.650. The lowest BCUT2D eigenvalue weighted by molar-refractivity contribution is -0.146. The first kappa shape index (κ1) is 11.8. The van der Waals surface area contributed by atoms with E-state index in [4.69, 9.17) is 10.2 Å². The normalized spacial score (nSPS) is 21.9. The monoisotopic (exact) mass is 234 g/mol. The maximum absolute atomic E-state index is 11.3. The molecule has 1 heterocycles. The smallest absolute Gasteiger partial charge is 0.334 e. The van der Waals surface area contributed by atoms with Crippen molar-refractivity contribution in [2.24, 2.45) is 0 Å². The molecule has 2 atom stereocenters. The molecule has 1 rings (SSSR count). The Morgan fingerprint density at radius 2 is 2.33 bits per heavy atom. The van der Waals surface area contributed by atoms with Crippen LogP contribution in [-0.4, -0.2) is 51.8 Å². The molecule has 8 heteroatoms. The number of nitrogens with one attached hydrogen (secondary N) is 2. The zero-order valence-electron chi connectivity index (χ0n) is 7.60. The molecular formula is C7H10N2O5S. The molecule has 0 aliphatic carbocycles. The molecule has 0 radical (unpaired) electrons. The predicted octanol–water partition coefficient (Wildman–Crippen LogP) is -1.63. The highest BCUT2D eigenvalue weighted by Gasteiger charge is 2.28. The Kier molecular flexibility index (Phi) is 3.92. The molecule has 84 valence electrons. The number of amides is 2. The van der Waals surface area contributed by atoms with Gasteiger partial charge in [0.1, 0.15) is 6.04 Å². The number of rotatable bonds is 4. The Hall–Kier alpha value is -1.28. The van der Waals surface area contributed by atoms with E-state index in [1.54, 1.807) is 0 Å². The lowest BCUT2D eigenvalue weighted by Crippen LogP contribution is -2.46. The number of carbonyl (C=O) groups excluding carboxylic acids is 2. The van der Waals surface area contributed by atoms with Crippen LogP contribution in [0.2, 0.25) is 0 Å². The molecule has 1 saturated heterocycles. The molecule has 0 bridgehead atoms. The molecule has 0 aromatic rings. The lowest BCUT2D eigenvalue weighted by atomic mass is 10.3. The molecule has 4 N–H and O–H groups in total. The SMILES string of the molecule is O=C1NC(C(=O)NCC(O)C(=O)O)CS1. The van der Waals surface area contributed by atoms with Crippen molar-refractivity contribution < 1.29 is 24.6 Å². The first-order chi connectivity index (χ1) is 7.00. The number of aliphatic hydroxyl groups excluding tert-OH is 1. The van der Waals surface area contributed by atoms with E-state index in [-0.39, 0.29) is 11.8 Å². The standard InChI is InChI=1S/C7H10N2O5S/c10-4(6(12)13)1-8-5(11)3-2-15-7(14)9-3/h3-4,10H,1-2H2,(H,8,11)(H,9,14)(H,12,13). The van der Waals surface area contributed by atoms with E-state index in [0.29, 0.717) is 5.75 Å². The maximum atomic E-state index is 11.3. The van der Waals surface area contributed by atoms with Crippen molar-refractivity contribution >= 4 is 28.9 Å². The van der Waals surface area contributed by atoms with Crippen LogP contribution in [0.3, 0.4) is 0 Å². The maximum Gasteiger partial charge on any atom is 0.334 e. The van der Waals surface area contributed by atoms with Gasteiger partial charge in [-0.1, -0.05) is 11.8 Å². The molecule has 0 saturated carbocycles. The summed E-state index contributed by atoms with van der Waals surface area (Å²) in [7, 11) is 0. The minimum absolute atomic E-state index is 0.283. The Morgan fingerprint density at radius 3 is 2.80 bits per heavy atom. The molecule has 0 aromatic carbocycles. The van der Waals surface area contributed by atoms with Gasteiger partial charge in [-0.15, -0.1) is 0 Å². The summed E-state index contributed by atoms with van der Waals surface area (Å²) in [6.45, 7) is -0.370. The molecule has 0 aromatic heterocycles. The van der Waals surface area contributed by atoms with Crippen molar-refractivity contribution in [3.63, 3.8) is 0 Å². The van der Waals surface area contributed by atoms with Gasteiger partial charge >= 0.3 is 5.97 Å². The fourth-order valence-corrected chi connectivity index (χ4v) is 1.71. The van der Waals surface area contributed by atoms with Crippen molar-refractivity contribution in [3.8, 4) is 0 Å².